The van der Waals surface area contributed by atoms with Gasteiger partial charge >= 0.3 is 0 Å². The molecule has 0 unspecified atom stereocenters. The van der Waals surface area contributed by atoms with Crippen LogP contribution < -0.4 is 0 Å². The maximum atomic E-state index is 12.3. The van der Waals surface area contributed by atoms with Crippen molar-refractivity contribution in [3.05, 3.63) is 59.4 Å². The quantitative estimate of drug-likeness (QED) is 0.542. The Kier molecular flexibility index (Phi) is 3.96. The molecule has 0 radical (unpaired) electrons. The van der Waals surface area contributed by atoms with E-state index in [-0.39, 0.29) is 11.6 Å². The highest BCUT2D eigenvalue weighted by atomic mass is 16.3. The second kappa shape index (κ2) is 6.45. The fourth-order valence-corrected chi connectivity index (χ4v) is 2.92. The Morgan fingerprint density at radius 3 is 2.67 bits per heavy atom. The lowest BCUT2D eigenvalue weighted by Crippen LogP contribution is -1.98. The average molecular weight is 361 g/mol. The first-order valence-electron chi connectivity index (χ1n) is 8.14. The van der Waals surface area contributed by atoms with E-state index >= 15 is 0 Å². The Labute approximate surface area is 153 Å². The summed E-state index contributed by atoms with van der Waals surface area (Å²) in [7, 11) is 0. The van der Waals surface area contributed by atoms with Crippen molar-refractivity contribution in [3.8, 4) is 11.6 Å². The third kappa shape index (κ3) is 3.06. The number of hydrogen-bond donors (Lipinski definition) is 2. The molecular weight excluding hydrogens is 346 g/mol. The highest BCUT2D eigenvalue weighted by molar-refractivity contribution is 5.98. The molecule has 0 aliphatic carbocycles. The van der Waals surface area contributed by atoms with E-state index in [1.54, 1.807) is 24.3 Å². The third-order valence-corrected chi connectivity index (χ3v) is 4.17. The van der Waals surface area contributed by atoms with E-state index in [0.29, 0.717) is 11.3 Å². The lowest BCUT2D eigenvalue weighted by atomic mass is 10.1. The molecule has 2 heterocycles. The summed E-state index contributed by atoms with van der Waals surface area (Å²) in [6.07, 6.45) is 1.46. The summed E-state index contributed by atoms with van der Waals surface area (Å²) in [5.74, 6) is -0.638. The summed E-state index contributed by atoms with van der Waals surface area (Å²) in [4.78, 5) is 15.2. The van der Waals surface area contributed by atoms with Crippen LogP contribution in [0.3, 0.4) is 0 Å². The van der Waals surface area contributed by atoms with Gasteiger partial charge in [0.15, 0.2) is 5.69 Å². The van der Waals surface area contributed by atoms with Crippen LogP contribution in [0.25, 0.3) is 16.6 Å². The number of aromatic nitrogens is 5. The molecule has 0 bridgehead atoms. The predicted molar refractivity (Wildman–Crippen MR) is 97.4 cm³/mol. The minimum Gasteiger partial charge on any atom is -0.493 e. The van der Waals surface area contributed by atoms with Gasteiger partial charge in [0, 0.05) is 10.9 Å². The molecule has 0 spiro atoms. The molecule has 2 aromatic heterocycles. The van der Waals surface area contributed by atoms with Crippen LogP contribution in [-0.4, -0.2) is 36.2 Å². The van der Waals surface area contributed by atoms with Gasteiger partial charge in [0.1, 0.15) is 6.33 Å². The molecule has 4 rings (SSSR count). The smallest absolute Gasteiger partial charge is 0.295 e. The molecule has 0 saturated heterocycles. The van der Waals surface area contributed by atoms with Gasteiger partial charge in [0.05, 0.1) is 11.2 Å². The van der Waals surface area contributed by atoms with Crippen molar-refractivity contribution in [2.45, 2.75) is 13.8 Å². The lowest BCUT2D eigenvalue weighted by molar-refractivity contribution is 0.0995. The van der Waals surface area contributed by atoms with Gasteiger partial charge < -0.3 is 10.1 Å². The summed E-state index contributed by atoms with van der Waals surface area (Å²) in [5, 5.41) is 29.5. The number of benzene rings is 2. The molecular formula is C18H15N7O2. The number of fused-ring (bicyclic) bond motifs is 1. The Balaban J connectivity index is 1.62. The Hall–Kier alpha value is -3.88. The number of rotatable bonds is 3. The van der Waals surface area contributed by atoms with Crippen molar-refractivity contribution in [3.63, 3.8) is 0 Å². The number of tetrazole rings is 1. The summed E-state index contributed by atoms with van der Waals surface area (Å²) in [5.41, 5.74) is 4.10. The van der Waals surface area contributed by atoms with Crippen LogP contribution in [0.1, 0.15) is 21.5 Å². The highest BCUT2D eigenvalue weighted by Crippen LogP contribution is 2.37. The first kappa shape index (κ1) is 16.6. The molecule has 2 N–H and O–H groups in total. The van der Waals surface area contributed by atoms with Gasteiger partial charge in [-0.1, -0.05) is 11.6 Å². The van der Waals surface area contributed by atoms with Crippen molar-refractivity contribution < 1.29 is 9.90 Å². The molecule has 0 fully saturated rings. The van der Waals surface area contributed by atoms with Gasteiger partial charge in [-0.3, -0.25) is 4.79 Å². The zero-order chi connectivity index (χ0) is 19.0. The predicted octanol–water partition coefficient (Wildman–Crippen LogP) is 3.39. The third-order valence-electron chi connectivity index (χ3n) is 4.17. The molecule has 27 heavy (non-hydrogen) atoms. The van der Waals surface area contributed by atoms with Crippen LogP contribution in [0.15, 0.2) is 53.0 Å². The second-order valence-electron chi connectivity index (χ2n) is 6.13. The number of aryl methyl sites for hydroxylation is 2. The fraction of sp³-hybridized carbons (Fsp3) is 0.111. The van der Waals surface area contributed by atoms with Crippen molar-refractivity contribution in [2.24, 2.45) is 10.2 Å². The van der Waals surface area contributed by atoms with E-state index in [2.05, 4.69) is 30.7 Å². The van der Waals surface area contributed by atoms with Crippen LogP contribution in [0.4, 0.5) is 5.69 Å². The molecule has 9 heteroatoms. The molecule has 0 aliphatic heterocycles. The molecule has 4 aromatic rings. The lowest BCUT2D eigenvalue weighted by Gasteiger charge is -2.00. The Bertz CT molecular complexity index is 1160. The number of nitrogens with zero attached hydrogens (tertiary/aromatic N) is 6. The second-order valence-corrected chi connectivity index (χ2v) is 6.13. The van der Waals surface area contributed by atoms with Gasteiger partial charge in [-0.25, -0.2) is 4.68 Å². The summed E-state index contributed by atoms with van der Waals surface area (Å²) in [6, 6.07) is 10.5. The first-order valence-corrected chi connectivity index (χ1v) is 8.14. The fourth-order valence-electron chi connectivity index (χ4n) is 2.92. The van der Waals surface area contributed by atoms with Crippen LogP contribution in [0, 0.1) is 13.8 Å². The van der Waals surface area contributed by atoms with E-state index in [1.165, 1.54) is 11.0 Å². The summed E-state index contributed by atoms with van der Waals surface area (Å²) < 4.78 is 1.48. The normalized spacial score (nSPS) is 11.5. The van der Waals surface area contributed by atoms with Gasteiger partial charge in [0.2, 0.25) is 5.88 Å². The average Bonchev–Trinajstić information content (AvgIpc) is 3.28. The monoisotopic (exact) mass is 361 g/mol. The number of carbonyl (C=O) groups is 1. The maximum Gasteiger partial charge on any atom is 0.295 e. The first-order chi connectivity index (χ1) is 13.0. The standard InChI is InChI=1S/C18H15N7O2/c1-10-7-11(2)15-14(8-10)16(18(27)20-15)21-22-17(26)12-3-5-13(6-4-12)25-9-19-23-24-25/h3-9,20,27H,1-2H3. The van der Waals surface area contributed by atoms with Gasteiger partial charge in [0.25, 0.3) is 5.91 Å². The SMILES string of the molecule is Cc1cc(C)c2[nH]c(O)c(N=NC(=O)c3ccc(-n4cnnn4)cc3)c2c1. The molecule has 1 amide bonds. The minimum absolute atomic E-state index is 0.121. The molecule has 2 aromatic carbocycles. The van der Waals surface area contributed by atoms with Crippen LogP contribution in [0.5, 0.6) is 5.88 Å². The highest BCUT2D eigenvalue weighted by Gasteiger charge is 2.13. The van der Waals surface area contributed by atoms with Crippen LogP contribution >= 0.6 is 0 Å². The number of amides is 1. The number of azo groups is 1. The number of carbonyl (C=O) groups excluding carboxylic acids is 1. The molecule has 134 valence electrons. The largest absolute Gasteiger partial charge is 0.493 e. The van der Waals surface area contributed by atoms with Gasteiger partial charge in [-0.2, -0.15) is 0 Å². The van der Waals surface area contributed by atoms with E-state index < -0.39 is 5.91 Å². The van der Waals surface area contributed by atoms with Gasteiger partial charge in [-0.05, 0) is 60.2 Å². The van der Waals surface area contributed by atoms with E-state index in [1.807, 2.05) is 26.0 Å². The maximum absolute atomic E-state index is 12.3. The van der Waals surface area contributed by atoms with Crippen molar-refractivity contribution in [2.75, 3.05) is 0 Å². The number of aromatic hydroxyl groups is 1. The molecule has 9 nitrogen and oxygen atoms in total. The number of H-pyrrole nitrogens is 1. The number of hydrogen-bond acceptors (Lipinski definition) is 6. The van der Waals surface area contributed by atoms with Crippen LogP contribution in [0.2, 0.25) is 0 Å². The van der Waals surface area contributed by atoms with Crippen LogP contribution in [-0.2, 0) is 0 Å². The minimum atomic E-state index is -0.517. The van der Waals surface area contributed by atoms with E-state index in [0.717, 1.165) is 22.0 Å². The Morgan fingerprint density at radius 2 is 1.96 bits per heavy atom. The summed E-state index contributed by atoms with van der Waals surface area (Å²) in [6.45, 7) is 3.89. The molecule has 0 aliphatic rings. The van der Waals surface area contributed by atoms with Gasteiger partial charge in [-0.15, -0.1) is 15.3 Å². The number of aromatic amines is 1. The van der Waals surface area contributed by atoms with Crippen molar-refractivity contribution >= 4 is 22.5 Å². The zero-order valence-corrected chi connectivity index (χ0v) is 14.6. The topological polar surface area (TPSA) is 121 Å². The van der Waals surface area contributed by atoms with E-state index in [9.17, 15) is 9.90 Å². The number of nitrogens with one attached hydrogen (secondary N) is 1. The molecule has 0 saturated carbocycles. The van der Waals surface area contributed by atoms with E-state index in [4.69, 9.17) is 0 Å². The van der Waals surface area contributed by atoms with Crippen molar-refractivity contribution in [1.82, 2.24) is 25.2 Å². The van der Waals surface area contributed by atoms with Crippen molar-refractivity contribution in [1.29, 1.82) is 0 Å². The molecule has 0 atom stereocenters. The Morgan fingerprint density at radius 1 is 1.19 bits per heavy atom. The summed E-state index contributed by atoms with van der Waals surface area (Å²) >= 11 is 0. The zero-order valence-electron chi connectivity index (χ0n) is 14.6.